The maximum Gasteiger partial charge on any atom is 0.226 e. The zero-order valence-corrected chi connectivity index (χ0v) is 25.3. The van der Waals surface area contributed by atoms with E-state index in [1.165, 1.54) is 0 Å². The van der Waals surface area contributed by atoms with Gasteiger partial charge in [0.25, 0.3) is 0 Å². The largest absolute Gasteiger partial charge is 0.436 e. The summed E-state index contributed by atoms with van der Waals surface area (Å²) in [5.74, 6) is 1.78. The predicted molar refractivity (Wildman–Crippen MR) is 182 cm³/mol. The van der Waals surface area contributed by atoms with Crippen LogP contribution in [0.15, 0.2) is 156 Å². The number of hydrogen-bond donors (Lipinski definition) is 1. The number of benzene rings is 4. The van der Waals surface area contributed by atoms with E-state index < -0.39 is 0 Å². The summed E-state index contributed by atoms with van der Waals surface area (Å²) in [5.41, 5.74) is 8.81. The second-order valence-electron chi connectivity index (χ2n) is 10.6. The Morgan fingerprint density at radius 3 is 1.43 bits per heavy atom. The van der Waals surface area contributed by atoms with E-state index in [1.54, 1.807) is 19.4 Å². The fourth-order valence-corrected chi connectivity index (χ4v) is 6.17. The van der Waals surface area contributed by atoms with E-state index >= 15 is 0 Å². The monoisotopic (exact) mass is 616 g/mol. The Hall–Kier alpha value is -6.06. The first-order chi connectivity index (χ1) is 22.7. The van der Waals surface area contributed by atoms with Crippen molar-refractivity contribution in [1.29, 1.82) is 5.41 Å². The number of rotatable bonds is 6. The zero-order valence-electron chi connectivity index (χ0n) is 24.5. The molecule has 4 aromatic carbocycles. The smallest absolute Gasteiger partial charge is 0.226 e. The summed E-state index contributed by atoms with van der Waals surface area (Å²) in [6.07, 6.45) is 3.27. The van der Waals surface area contributed by atoms with Crippen molar-refractivity contribution < 1.29 is 8.83 Å². The molecule has 6 aromatic rings. The number of hydrogen-bond acceptors (Lipinski definition) is 8. The molecule has 0 atom stereocenters. The molecule has 1 aliphatic heterocycles. The third-order valence-corrected chi connectivity index (χ3v) is 8.42. The number of nitrogens with one attached hydrogen (secondary N) is 1. The van der Waals surface area contributed by atoms with Crippen molar-refractivity contribution >= 4 is 33.9 Å². The number of aliphatic imine (C=N–C) groups is 1. The summed E-state index contributed by atoms with van der Waals surface area (Å²) in [4.78, 5) is 13.6. The first-order valence-electron chi connectivity index (χ1n) is 14.6. The third kappa shape index (κ3) is 4.79. The number of aromatic nitrogens is 2. The van der Waals surface area contributed by atoms with Gasteiger partial charge in [-0.15, -0.1) is 0 Å². The molecular weight excluding hydrogens is 593 g/mol. The Morgan fingerprint density at radius 1 is 0.543 bits per heavy atom. The summed E-state index contributed by atoms with van der Waals surface area (Å²) < 4.78 is 21.7. The van der Waals surface area contributed by atoms with E-state index in [2.05, 4.69) is 48.0 Å². The van der Waals surface area contributed by atoms with E-state index in [0.717, 1.165) is 44.7 Å². The van der Waals surface area contributed by atoms with Gasteiger partial charge in [0.05, 0.1) is 46.3 Å². The maximum atomic E-state index is 9.20. The van der Waals surface area contributed by atoms with E-state index in [4.69, 9.17) is 8.83 Å². The predicted octanol–water partition coefficient (Wildman–Crippen LogP) is 9.02. The van der Waals surface area contributed by atoms with Gasteiger partial charge in [-0.25, -0.2) is 9.97 Å². The van der Waals surface area contributed by atoms with Crippen molar-refractivity contribution in [3.8, 4) is 45.2 Å². The Kier molecular flexibility index (Phi) is 6.85. The number of nitrogens with zero attached hydrogens (tertiary/aromatic N) is 5. The summed E-state index contributed by atoms with van der Waals surface area (Å²) in [6, 6.07) is 36.5. The molecule has 0 amide bonds. The third-order valence-electron chi connectivity index (χ3n) is 7.89. The molecule has 9 heteroatoms. The highest BCUT2D eigenvalue weighted by molar-refractivity contribution is 7.57. The molecule has 0 saturated heterocycles. The van der Waals surface area contributed by atoms with E-state index in [-0.39, 0.29) is 5.71 Å². The van der Waals surface area contributed by atoms with Gasteiger partial charge in [-0.3, -0.25) is 10.4 Å². The topological polar surface area (TPSA) is 113 Å². The lowest BCUT2D eigenvalue weighted by Crippen LogP contribution is -2.23. The Bertz CT molecular complexity index is 2290. The lowest BCUT2D eigenvalue weighted by molar-refractivity contribution is 0.560. The van der Waals surface area contributed by atoms with E-state index in [9.17, 15) is 5.41 Å². The van der Waals surface area contributed by atoms with Crippen molar-refractivity contribution in [2.24, 2.45) is 13.7 Å². The van der Waals surface area contributed by atoms with Gasteiger partial charge in [0.15, 0.2) is 11.5 Å². The maximum absolute atomic E-state index is 9.20. The van der Waals surface area contributed by atoms with Gasteiger partial charge in [-0.05, 0) is 46.5 Å². The Balaban J connectivity index is 1.13. The molecule has 0 fully saturated rings. The second-order valence-corrected chi connectivity index (χ2v) is 11.1. The molecule has 0 saturated carbocycles. The van der Waals surface area contributed by atoms with E-state index in [0.29, 0.717) is 51.6 Å². The quantitative estimate of drug-likeness (QED) is 0.188. The van der Waals surface area contributed by atoms with Crippen molar-refractivity contribution in [2.75, 3.05) is 7.05 Å². The van der Waals surface area contributed by atoms with Crippen molar-refractivity contribution in [2.45, 2.75) is 0 Å². The first kappa shape index (κ1) is 27.5. The lowest BCUT2D eigenvalue weighted by Gasteiger charge is -2.19. The standard InChI is InChI=1S/C37H24N6O2S/c1-39-33-31(29-21-41-37(45-29)27-18-14-25(15-19-27)23-10-6-3-7-11-23)35-34(42-46-43-35)30(32(33)38)28-20-40-36(44-28)26-16-12-24(13-17-26)22-8-4-2-5-9-22/h2-21,38H,1H3. The summed E-state index contributed by atoms with van der Waals surface area (Å²) in [7, 11) is 1.64. The number of allylic oxidation sites excluding steroid dienone is 2. The van der Waals surface area contributed by atoms with Gasteiger partial charge in [-0.2, -0.15) is 8.73 Å². The molecular formula is C37H24N6O2S. The summed E-state index contributed by atoms with van der Waals surface area (Å²) >= 11 is 1.05. The second kappa shape index (κ2) is 11.5. The summed E-state index contributed by atoms with van der Waals surface area (Å²) in [6.45, 7) is 0. The molecule has 3 heterocycles. The van der Waals surface area contributed by atoms with Gasteiger partial charge >= 0.3 is 0 Å². The van der Waals surface area contributed by atoms with Crippen LogP contribution in [0.5, 0.6) is 0 Å². The van der Waals surface area contributed by atoms with Crippen LogP contribution in [0.1, 0.15) is 11.5 Å². The molecule has 8 rings (SSSR count). The van der Waals surface area contributed by atoms with Crippen LogP contribution in [-0.4, -0.2) is 28.4 Å². The van der Waals surface area contributed by atoms with Crippen molar-refractivity contribution in [3.05, 3.63) is 145 Å². The van der Waals surface area contributed by atoms with Crippen LogP contribution >= 0.6 is 0 Å². The highest BCUT2D eigenvalue weighted by atomic mass is 32.1. The lowest BCUT2D eigenvalue weighted by atomic mass is 9.87. The highest BCUT2D eigenvalue weighted by Crippen LogP contribution is 2.42. The van der Waals surface area contributed by atoms with Crippen molar-refractivity contribution in [3.63, 3.8) is 0 Å². The number of fused-ring (bicyclic) bond motifs is 1. The van der Waals surface area contributed by atoms with Gasteiger partial charge in [-0.1, -0.05) is 84.9 Å². The minimum absolute atomic E-state index is 0.144. The van der Waals surface area contributed by atoms with Gasteiger partial charge in [0.2, 0.25) is 11.8 Å². The molecule has 46 heavy (non-hydrogen) atoms. The average Bonchev–Trinajstić information content (AvgIpc) is 3.91. The van der Waals surface area contributed by atoms with Crippen LogP contribution < -0.4 is 0 Å². The van der Waals surface area contributed by atoms with Crippen LogP contribution in [0.3, 0.4) is 0 Å². The molecule has 220 valence electrons. The summed E-state index contributed by atoms with van der Waals surface area (Å²) in [5, 5.41) is 9.20. The van der Waals surface area contributed by atoms with Crippen LogP contribution in [0.2, 0.25) is 0 Å². The van der Waals surface area contributed by atoms with Crippen LogP contribution in [0.25, 0.3) is 56.3 Å². The SMILES string of the molecule is CN=C1C(=N)C(c2cnc(-c3ccc(-c4ccccc4)cc3)o2)=C2N=S=NC2=C1c1cnc(-c2ccc(-c3ccccc3)cc2)o1. The molecule has 0 spiro atoms. The minimum atomic E-state index is 0.144. The van der Waals surface area contributed by atoms with Crippen LogP contribution in [0, 0.1) is 5.41 Å². The van der Waals surface area contributed by atoms with Gasteiger partial charge in [0, 0.05) is 18.2 Å². The molecule has 2 aliphatic rings. The molecule has 1 N–H and O–H groups in total. The molecule has 0 radical (unpaired) electrons. The zero-order chi connectivity index (χ0) is 31.0. The highest BCUT2D eigenvalue weighted by Gasteiger charge is 2.37. The molecule has 1 aliphatic carbocycles. The van der Waals surface area contributed by atoms with Crippen LogP contribution in [0.4, 0.5) is 0 Å². The van der Waals surface area contributed by atoms with E-state index in [1.807, 2.05) is 84.9 Å². The fraction of sp³-hybridized carbons (Fsp3) is 0.0270. The molecule has 8 nitrogen and oxygen atoms in total. The normalized spacial score (nSPS) is 15.1. The Morgan fingerprint density at radius 2 is 0.957 bits per heavy atom. The first-order valence-corrected chi connectivity index (χ1v) is 15.3. The Labute approximate surface area is 267 Å². The molecule has 0 bridgehead atoms. The molecule has 0 unspecified atom stereocenters. The van der Waals surface area contributed by atoms with Gasteiger partial charge in [0.1, 0.15) is 11.4 Å². The fourth-order valence-electron chi connectivity index (χ4n) is 5.61. The molecule has 2 aromatic heterocycles. The average molecular weight is 617 g/mol. The number of oxazole rings is 2. The van der Waals surface area contributed by atoms with Crippen molar-refractivity contribution in [1.82, 2.24) is 9.97 Å². The van der Waals surface area contributed by atoms with Crippen LogP contribution in [-0.2, 0) is 11.4 Å². The minimum Gasteiger partial charge on any atom is -0.436 e. The van der Waals surface area contributed by atoms with Gasteiger partial charge < -0.3 is 8.83 Å².